The van der Waals surface area contributed by atoms with E-state index in [9.17, 15) is 4.39 Å². The molecule has 0 saturated heterocycles. The molecule has 0 unspecified atom stereocenters. The summed E-state index contributed by atoms with van der Waals surface area (Å²) in [7, 11) is 1.55. The largest absolute Gasteiger partial charge is 0.484 e. The Labute approximate surface area is 105 Å². The van der Waals surface area contributed by atoms with Crippen LogP contribution >= 0.6 is 0 Å². The second kappa shape index (κ2) is 5.49. The normalized spacial score (nSPS) is 10.2. The van der Waals surface area contributed by atoms with Crippen LogP contribution in [0.4, 0.5) is 4.39 Å². The lowest BCUT2D eigenvalue weighted by molar-refractivity contribution is 0.283. The van der Waals surface area contributed by atoms with E-state index < -0.39 is 0 Å². The van der Waals surface area contributed by atoms with Crippen molar-refractivity contribution in [3.8, 4) is 11.6 Å². The first-order valence-electron chi connectivity index (χ1n) is 5.58. The van der Waals surface area contributed by atoms with Crippen molar-refractivity contribution in [2.75, 3.05) is 7.11 Å². The van der Waals surface area contributed by atoms with Crippen LogP contribution in [0.1, 0.15) is 11.3 Å². The number of nitrogens with zero attached hydrogens (tertiary/aromatic N) is 1. The third-order valence-corrected chi connectivity index (χ3v) is 2.45. The summed E-state index contributed by atoms with van der Waals surface area (Å²) in [5.41, 5.74) is 1.64. The maximum absolute atomic E-state index is 13.4. The van der Waals surface area contributed by atoms with E-state index in [0.29, 0.717) is 11.6 Å². The van der Waals surface area contributed by atoms with Crippen LogP contribution in [0.3, 0.4) is 0 Å². The molecule has 0 spiro atoms. The summed E-state index contributed by atoms with van der Waals surface area (Å²) >= 11 is 0. The van der Waals surface area contributed by atoms with Gasteiger partial charge in [-0.1, -0.05) is 12.1 Å². The molecule has 94 valence electrons. The Kier molecular flexibility index (Phi) is 3.77. The summed E-state index contributed by atoms with van der Waals surface area (Å²) < 4.78 is 23.9. The molecular formula is C14H14FNO2. The number of hydrogen-bond donors (Lipinski definition) is 0. The van der Waals surface area contributed by atoms with Gasteiger partial charge >= 0.3 is 0 Å². The molecule has 0 bridgehead atoms. The number of rotatable bonds is 4. The number of halogens is 1. The molecule has 0 atom stereocenters. The highest BCUT2D eigenvalue weighted by Gasteiger charge is 2.05. The smallest absolute Gasteiger partial charge is 0.213 e. The molecule has 0 aliphatic carbocycles. The van der Waals surface area contributed by atoms with E-state index in [1.165, 1.54) is 6.07 Å². The molecule has 2 rings (SSSR count). The summed E-state index contributed by atoms with van der Waals surface area (Å²) in [6.45, 7) is 2.09. The van der Waals surface area contributed by atoms with Crippen LogP contribution in [0.15, 0.2) is 36.4 Å². The number of methoxy groups -OCH3 is 1. The molecule has 18 heavy (non-hydrogen) atoms. The van der Waals surface area contributed by atoms with Crippen molar-refractivity contribution in [1.29, 1.82) is 0 Å². The van der Waals surface area contributed by atoms with E-state index in [4.69, 9.17) is 9.47 Å². The van der Waals surface area contributed by atoms with E-state index in [-0.39, 0.29) is 18.2 Å². The first kappa shape index (κ1) is 12.4. The van der Waals surface area contributed by atoms with Crippen molar-refractivity contribution in [2.45, 2.75) is 13.5 Å². The van der Waals surface area contributed by atoms with Crippen LogP contribution in [0.2, 0.25) is 0 Å². The molecule has 0 radical (unpaired) electrons. The van der Waals surface area contributed by atoms with Gasteiger partial charge in [-0.05, 0) is 30.7 Å². The summed E-state index contributed by atoms with van der Waals surface area (Å²) in [5.74, 6) is 0.379. The topological polar surface area (TPSA) is 31.4 Å². The van der Waals surface area contributed by atoms with Crippen molar-refractivity contribution >= 4 is 0 Å². The van der Waals surface area contributed by atoms with E-state index in [0.717, 1.165) is 5.56 Å². The molecule has 0 saturated carbocycles. The van der Waals surface area contributed by atoms with Crippen LogP contribution in [0.25, 0.3) is 0 Å². The quantitative estimate of drug-likeness (QED) is 0.831. The molecule has 1 aromatic carbocycles. The lowest BCUT2D eigenvalue weighted by atomic mass is 10.2. The molecule has 0 amide bonds. The minimum atomic E-state index is -0.372. The number of hydrogen-bond acceptors (Lipinski definition) is 3. The maximum Gasteiger partial charge on any atom is 0.213 e. The van der Waals surface area contributed by atoms with Crippen molar-refractivity contribution in [1.82, 2.24) is 4.98 Å². The van der Waals surface area contributed by atoms with Gasteiger partial charge in [-0.3, -0.25) is 0 Å². The van der Waals surface area contributed by atoms with Gasteiger partial charge in [-0.15, -0.1) is 0 Å². The highest BCUT2D eigenvalue weighted by Crippen LogP contribution is 2.19. The molecule has 1 aromatic heterocycles. The lowest BCUT2D eigenvalue weighted by Gasteiger charge is -2.08. The van der Waals surface area contributed by atoms with Crippen molar-refractivity contribution in [3.05, 3.63) is 53.5 Å². The van der Waals surface area contributed by atoms with Crippen LogP contribution in [0.5, 0.6) is 11.6 Å². The Balaban J connectivity index is 2.08. The number of aromatic nitrogens is 1. The van der Waals surface area contributed by atoms with Gasteiger partial charge in [0.05, 0.1) is 12.8 Å². The Morgan fingerprint density at radius 1 is 1.22 bits per heavy atom. The van der Waals surface area contributed by atoms with Gasteiger partial charge in [0.15, 0.2) is 11.6 Å². The molecule has 0 fully saturated rings. The zero-order chi connectivity index (χ0) is 13.0. The zero-order valence-corrected chi connectivity index (χ0v) is 10.3. The SMILES string of the molecule is COc1cccc(COc2cc(C)ccc2F)n1. The van der Waals surface area contributed by atoms with Gasteiger partial charge in [0.2, 0.25) is 5.88 Å². The number of aryl methyl sites for hydroxylation is 1. The minimum Gasteiger partial charge on any atom is -0.484 e. The second-order valence-electron chi connectivity index (χ2n) is 3.89. The van der Waals surface area contributed by atoms with Gasteiger partial charge in [0.1, 0.15) is 6.61 Å². The standard InChI is InChI=1S/C14H14FNO2/c1-10-6-7-12(15)13(8-10)18-9-11-4-3-5-14(16-11)17-2/h3-8H,9H2,1-2H3. The fraction of sp³-hybridized carbons (Fsp3) is 0.214. The third-order valence-electron chi connectivity index (χ3n) is 2.45. The van der Waals surface area contributed by atoms with Crippen LogP contribution in [0, 0.1) is 12.7 Å². The van der Waals surface area contributed by atoms with E-state index >= 15 is 0 Å². The van der Waals surface area contributed by atoms with Crippen molar-refractivity contribution < 1.29 is 13.9 Å². The summed E-state index contributed by atoms with van der Waals surface area (Å²) in [6, 6.07) is 10.1. The van der Waals surface area contributed by atoms with E-state index in [1.807, 2.05) is 13.0 Å². The van der Waals surface area contributed by atoms with Crippen molar-refractivity contribution in [3.63, 3.8) is 0 Å². The van der Waals surface area contributed by atoms with Gasteiger partial charge in [0.25, 0.3) is 0 Å². The molecule has 4 heteroatoms. The highest BCUT2D eigenvalue weighted by molar-refractivity contribution is 5.29. The van der Waals surface area contributed by atoms with E-state index in [1.54, 1.807) is 31.4 Å². The molecular weight excluding hydrogens is 233 g/mol. The van der Waals surface area contributed by atoms with Gasteiger partial charge in [-0.25, -0.2) is 9.37 Å². The fourth-order valence-corrected chi connectivity index (χ4v) is 1.52. The predicted octanol–water partition coefficient (Wildman–Crippen LogP) is 3.12. The van der Waals surface area contributed by atoms with Crippen molar-refractivity contribution in [2.24, 2.45) is 0 Å². The fourth-order valence-electron chi connectivity index (χ4n) is 1.52. The monoisotopic (exact) mass is 247 g/mol. The van der Waals surface area contributed by atoms with E-state index in [2.05, 4.69) is 4.98 Å². The first-order chi connectivity index (χ1) is 8.69. The van der Waals surface area contributed by atoms with Crippen LogP contribution in [-0.2, 0) is 6.61 Å². The number of pyridine rings is 1. The van der Waals surface area contributed by atoms with Crippen LogP contribution < -0.4 is 9.47 Å². The summed E-state index contributed by atoms with van der Waals surface area (Å²) in [5, 5.41) is 0. The average Bonchev–Trinajstić information content (AvgIpc) is 2.40. The molecule has 1 heterocycles. The Morgan fingerprint density at radius 2 is 2.06 bits per heavy atom. The van der Waals surface area contributed by atoms with Gasteiger partial charge in [0, 0.05) is 6.07 Å². The average molecular weight is 247 g/mol. The highest BCUT2D eigenvalue weighted by atomic mass is 19.1. The second-order valence-corrected chi connectivity index (χ2v) is 3.89. The first-order valence-corrected chi connectivity index (χ1v) is 5.58. The molecule has 0 N–H and O–H groups in total. The number of benzene rings is 1. The molecule has 3 nitrogen and oxygen atoms in total. The summed E-state index contributed by atoms with van der Waals surface area (Å²) in [4.78, 5) is 4.19. The van der Waals surface area contributed by atoms with Gasteiger partial charge < -0.3 is 9.47 Å². The molecule has 0 aliphatic rings. The predicted molar refractivity (Wildman–Crippen MR) is 66.3 cm³/mol. The minimum absolute atomic E-state index is 0.206. The summed E-state index contributed by atoms with van der Waals surface area (Å²) in [6.07, 6.45) is 0. The Bertz CT molecular complexity index is 543. The lowest BCUT2D eigenvalue weighted by Crippen LogP contribution is -2.01. The van der Waals surface area contributed by atoms with Gasteiger partial charge in [-0.2, -0.15) is 0 Å². The Morgan fingerprint density at radius 3 is 2.83 bits per heavy atom. The molecule has 0 aliphatic heterocycles. The maximum atomic E-state index is 13.4. The van der Waals surface area contributed by atoms with Crippen LogP contribution in [-0.4, -0.2) is 12.1 Å². The third kappa shape index (κ3) is 2.97. The zero-order valence-electron chi connectivity index (χ0n) is 10.3. The number of ether oxygens (including phenoxy) is 2. The molecule has 2 aromatic rings. The Hall–Kier alpha value is -2.10.